The molecule has 0 amide bonds. The van der Waals surface area contributed by atoms with Crippen LogP contribution in [0.3, 0.4) is 0 Å². The van der Waals surface area contributed by atoms with Crippen LogP contribution in [0.1, 0.15) is 19.3 Å². The highest BCUT2D eigenvalue weighted by Crippen LogP contribution is 2.31. The van der Waals surface area contributed by atoms with Crippen LogP contribution < -0.4 is 5.32 Å². The molecule has 3 atom stereocenters. The summed E-state index contributed by atoms with van der Waals surface area (Å²) in [7, 11) is 2.10. The molecular formula is C13H24N2O3. The lowest BCUT2D eigenvalue weighted by Crippen LogP contribution is -2.45. The average Bonchev–Trinajstić information content (AvgIpc) is 2.77. The number of rotatable bonds is 5. The summed E-state index contributed by atoms with van der Waals surface area (Å²) in [6.07, 6.45) is 3.17. The molecule has 0 aromatic heterocycles. The maximum atomic E-state index is 11.1. The maximum Gasteiger partial charge on any atom is 0.306 e. The lowest BCUT2D eigenvalue weighted by Gasteiger charge is -2.30. The summed E-state index contributed by atoms with van der Waals surface area (Å²) in [6, 6.07) is 0. The van der Waals surface area contributed by atoms with Crippen LogP contribution in [0, 0.1) is 11.8 Å². The van der Waals surface area contributed by atoms with E-state index in [1.165, 1.54) is 0 Å². The van der Waals surface area contributed by atoms with E-state index in [9.17, 15) is 4.79 Å². The summed E-state index contributed by atoms with van der Waals surface area (Å²) in [5, 5.41) is 12.5. The lowest BCUT2D eigenvalue weighted by molar-refractivity contribution is -0.142. The van der Waals surface area contributed by atoms with Gasteiger partial charge in [-0.2, -0.15) is 0 Å². The van der Waals surface area contributed by atoms with Crippen LogP contribution in [0.25, 0.3) is 0 Å². The van der Waals surface area contributed by atoms with Gasteiger partial charge in [0.15, 0.2) is 0 Å². The number of nitrogens with one attached hydrogen (secondary N) is 1. The van der Waals surface area contributed by atoms with Crippen LogP contribution in [0.5, 0.6) is 0 Å². The number of morpholine rings is 1. The molecule has 5 heteroatoms. The molecule has 0 aromatic rings. The molecule has 0 aromatic carbocycles. The maximum absolute atomic E-state index is 11.1. The smallest absolute Gasteiger partial charge is 0.306 e. The predicted molar refractivity (Wildman–Crippen MR) is 68.6 cm³/mol. The van der Waals surface area contributed by atoms with Gasteiger partial charge in [0.05, 0.1) is 18.6 Å². The molecule has 2 rings (SSSR count). The van der Waals surface area contributed by atoms with E-state index in [0.29, 0.717) is 5.92 Å². The number of carbonyl (C=O) groups is 1. The summed E-state index contributed by atoms with van der Waals surface area (Å²) >= 11 is 0. The zero-order valence-corrected chi connectivity index (χ0v) is 11.1. The molecule has 1 saturated heterocycles. The zero-order valence-electron chi connectivity index (χ0n) is 11.1. The number of nitrogens with zero attached hydrogens (tertiary/aromatic N) is 1. The molecule has 1 heterocycles. The van der Waals surface area contributed by atoms with Crippen LogP contribution in [0.2, 0.25) is 0 Å². The lowest BCUT2D eigenvalue weighted by atomic mass is 9.96. The Labute approximate surface area is 108 Å². The molecule has 1 saturated carbocycles. The topological polar surface area (TPSA) is 61.8 Å². The SMILES string of the molecule is CN1CCOC(CNCC2CCCC2C(=O)O)C1. The molecule has 3 unspecified atom stereocenters. The van der Waals surface area contributed by atoms with Gasteiger partial charge in [0, 0.05) is 19.6 Å². The molecule has 0 bridgehead atoms. The summed E-state index contributed by atoms with van der Waals surface area (Å²) in [5.74, 6) is -0.482. The summed E-state index contributed by atoms with van der Waals surface area (Å²) < 4.78 is 5.67. The van der Waals surface area contributed by atoms with Gasteiger partial charge in [0.2, 0.25) is 0 Å². The highest BCUT2D eigenvalue weighted by Gasteiger charge is 2.32. The molecule has 1 aliphatic carbocycles. The second-order valence-corrected chi connectivity index (χ2v) is 5.55. The Morgan fingerprint density at radius 2 is 2.28 bits per heavy atom. The molecular weight excluding hydrogens is 232 g/mol. The van der Waals surface area contributed by atoms with E-state index in [1.54, 1.807) is 0 Å². The number of ether oxygens (including phenoxy) is 1. The Kier molecular flexibility index (Phi) is 4.97. The predicted octanol–water partition coefficient (Wildman–Crippen LogP) is 0.408. The first-order valence-corrected chi connectivity index (χ1v) is 6.90. The second-order valence-electron chi connectivity index (χ2n) is 5.55. The van der Waals surface area contributed by atoms with Crippen molar-refractivity contribution in [2.75, 3.05) is 39.8 Å². The summed E-state index contributed by atoms with van der Waals surface area (Å²) in [4.78, 5) is 13.3. The minimum absolute atomic E-state index is 0.146. The van der Waals surface area contributed by atoms with Crippen molar-refractivity contribution in [1.82, 2.24) is 10.2 Å². The number of carboxylic acids is 1. The quantitative estimate of drug-likeness (QED) is 0.746. The van der Waals surface area contributed by atoms with Gasteiger partial charge in [-0.3, -0.25) is 4.79 Å². The van der Waals surface area contributed by atoms with Crippen molar-refractivity contribution in [2.24, 2.45) is 11.8 Å². The van der Waals surface area contributed by atoms with Crippen LogP contribution in [-0.4, -0.2) is 61.9 Å². The fourth-order valence-electron chi connectivity index (χ4n) is 3.03. The largest absolute Gasteiger partial charge is 0.481 e. The summed E-state index contributed by atoms with van der Waals surface area (Å²) in [5.41, 5.74) is 0. The standard InChI is InChI=1S/C13H24N2O3/c1-15-5-6-18-11(9-15)8-14-7-10-3-2-4-12(10)13(16)17/h10-12,14H,2-9H2,1H3,(H,16,17). The van der Waals surface area contributed by atoms with Crippen LogP contribution >= 0.6 is 0 Å². The van der Waals surface area contributed by atoms with Gasteiger partial charge in [-0.25, -0.2) is 0 Å². The van der Waals surface area contributed by atoms with Gasteiger partial charge < -0.3 is 20.1 Å². The number of likely N-dealkylation sites (N-methyl/N-ethyl adjacent to an activating group) is 1. The van der Waals surface area contributed by atoms with Crippen molar-refractivity contribution in [1.29, 1.82) is 0 Å². The first-order chi connectivity index (χ1) is 8.66. The van der Waals surface area contributed by atoms with Gasteiger partial charge >= 0.3 is 5.97 Å². The van der Waals surface area contributed by atoms with Crippen molar-refractivity contribution < 1.29 is 14.6 Å². The Morgan fingerprint density at radius 3 is 3.00 bits per heavy atom. The molecule has 5 nitrogen and oxygen atoms in total. The summed E-state index contributed by atoms with van der Waals surface area (Å²) in [6.45, 7) is 4.39. The molecule has 1 aliphatic heterocycles. The Balaban J connectivity index is 1.67. The molecule has 0 radical (unpaired) electrons. The second kappa shape index (κ2) is 6.50. The first-order valence-electron chi connectivity index (χ1n) is 6.90. The number of aliphatic carboxylic acids is 1. The fourth-order valence-corrected chi connectivity index (χ4v) is 3.03. The zero-order chi connectivity index (χ0) is 13.0. The highest BCUT2D eigenvalue weighted by molar-refractivity contribution is 5.70. The van der Waals surface area contributed by atoms with E-state index in [-0.39, 0.29) is 12.0 Å². The van der Waals surface area contributed by atoms with Crippen molar-refractivity contribution in [2.45, 2.75) is 25.4 Å². The average molecular weight is 256 g/mol. The number of carboxylic acid groups (broad SMARTS) is 1. The number of hydrogen-bond donors (Lipinski definition) is 2. The Bertz CT molecular complexity index is 285. The monoisotopic (exact) mass is 256 g/mol. The molecule has 104 valence electrons. The van der Waals surface area contributed by atoms with E-state index in [4.69, 9.17) is 9.84 Å². The van der Waals surface area contributed by atoms with Crippen molar-refractivity contribution >= 4 is 5.97 Å². The first kappa shape index (κ1) is 13.8. The molecule has 2 N–H and O–H groups in total. The Hall–Kier alpha value is -0.650. The van der Waals surface area contributed by atoms with Crippen LogP contribution in [-0.2, 0) is 9.53 Å². The molecule has 18 heavy (non-hydrogen) atoms. The highest BCUT2D eigenvalue weighted by atomic mass is 16.5. The minimum atomic E-state index is -0.632. The van der Waals surface area contributed by atoms with Gasteiger partial charge in [-0.05, 0) is 32.4 Å². The number of hydrogen-bond acceptors (Lipinski definition) is 4. The van der Waals surface area contributed by atoms with Crippen LogP contribution in [0.4, 0.5) is 0 Å². The van der Waals surface area contributed by atoms with Crippen molar-refractivity contribution in [3.05, 3.63) is 0 Å². The van der Waals surface area contributed by atoms with Crippen molar-refractivity contribution in [3.63, 3.8) is 0 Å². The van der Waals surface area contributed by atoms with E-state index >= 15 is 0 Å². The fraction of sp³-hybridized carbons (Fsp3) is 0.923. The van der Waals surface area contributed by atoms with Crippen molar-refractivity contribution in [3.8, 4) is 0 Å². The van der Waals surface area contributed by atoms with E-state index < -0.39 is 5.97 Å². The minimum Gasteiger partial charge on any atom is -0.481 e. The van der Waals surface area contributed by atoms with Gasteiger partial charge in [-0.1, -0.05) is 6.42 Å². The van der Waals surface area contributed by atoms with Gasteiger partial charge in [-0.15, -0.1) is 0 Å². The molecule has 0 spiro atoms. The normalized spacial score (nSPS) is 33.7. The molecule has 2 aliphatic rings. The molecule has 2 fully saturated rings. The van der Waals surface area contributed by atoms with Gasteiger partial charge in [0.25, 0.3) is 0 Å². The Morgan fingerprint density at radius 1 is 1.44 bits per heavy atom. The third kappa shape index (κ3) is 3.67. The van der Waals surface area contributed by atoms with Crippen LogP contribution in [0.15, 0.2) is 0 Å². The van der Waals surface area contributed by atoms with E-state index in [1.807, 2.05) is 0 Å². The third-order valence-electron chi connectivity index (χ3n) is 4.10. The van der Waals surface area contributed by atoms with E-state index in [2.05, 4.69) is 17.3 Å². The van der Waals surface area contributed by atoms with E-state index in [0.717, 1.165) is 52.0 Å². The third-order valence-corrected chi connectivity index (χ3v) is 4.10. The van der Waals surface area contributed by atoms with Gasteiger partial charge in [0.1, 0.15) is 0 Å².